The van der Waals surface area contributed by atoms with Crippen molar-refractivity contribution in [1.82, 2.24) is 19.5 Å². The van der Waals surface area contributed by atoms with Crippen LogP contribution < -0.4 is 10.9 Å². The first-order chi connectivity index (χ1) is 8.34. The highest BCUT2D eigenvalue weighted by molar-refractivity contribution is 5.42. The van der Waals surface area contributed by atoms with E-state index in [1.54, 1.807) is 27.5 Å². The molecule has 90 valence electrons. The van der Waals surface area contributed by atoms with Gasteiger partial charge in [0.15, 0.2) is 0 Å². The van der Waals surface area contributed by atoms with Gasteiger partial charge >= 0.3 is 0 Å². The zero-order valence-corrected chi connectivity index (χ0v) is 9.67. The maximum atomic E-state index is 12.0. The number of hydrogen-bond acceptors (Lipinski definition) is 3. The minimum Gasteiger partial charge on any atom is -0.315 e. The molecule has 2 heterocycles. The van der Waals surface area contributed by atoms with Crippen molar-refractivity contribution in [2.45, 2.75) is 19.4 Å². The SMILES string of the molecule is O=c1c2ccnn2ccn1CCNCC1CC1. The minimum absolute atomic E-state index is 0.0261. The summed E-state index contributed by atoms with van der Waals surface area (Å²) >= 11 is 0. The van der Waals surface area contributed by atoms with Crippen LogP contribution in [0, 0.1) is 5.92 Å². The number of rotatable bonds is 5. The Kier molecular flexibility index (Phi) is 2.68. The average Bonchev–Trinajstić information content (AvgIpc) is 3.02. The van der Waals surface area contributed by atoms with Gasteiger partial charge in [-0.15, -0.1) is 0 Å². The van der Waals surface area contributed by atoms with Crippen LogP contribution in [0.15, 0.2) is 29.5 Å². The Morgan fingerprint density at radius 2 is 2.29 bits per heavy atom. The van der Waals surface area contributed by atoms with Crippen LogP contribution in [0.3, 0.4) is 0 Å². The maximum absolute atomic E-state index is 12.0. The summed E-state index contributed by atoms with van der Waals surface area (Å²) in [6.45, 7) is 2.65. The Balaban J connectivity index is 1.66. The number of nitrogens with one attached hydrogen (secondary N) is 1. The fraction of sp³-hybridized carbons (Fsp3) is 0.500. The van der Waals surface area contributed by atoms with E-state index < -0.39 is 0 Å². The van der Waals surface area contributed by atoms with Gasteiger partial charge < -0.3 is 9.88 Å². The molecule has 1 N–H and O–H groups in total. The minimum atomic E-state index is 0.0261. The number of hydrogen-bond donors (Lipinski definition) is 1. The molecule has 1 fully saturated rings. The summed E-state index contributed by atoms with van der Waals surface area (Å²) in [4.78, 5) is 12.0. The topological polar surface area (TPSA) is 51.3 Å². The largest absolute Gasteiger partial charge is 0.315 e. The molecular formula is C12H16N4O. The summed E-state index contributed by atoms with van der Waals surface area (Å²) in [7, 11) is 0. The predicted molar refractivity (Wildman–Crippen MR) is 65.0 cm³/mol. The summed E-state index contributed by atoms with van der Waals surface area (Å²) in [5.74, 6) is 0.879. The standard InChI is InChI=1S/C12H16N4O/c17-12-11-3-4-14-16(11)8-7-15(12)6-5-13-9-10-1-2-10/h3-4,7-8,10,13H,1-2,5-6,9H2. The van der Waals surface area contributed by atoms with Crippen molar-refractivity contribution in [3.05, 3.63) is 35.0 Å². The Bertz CT molecular complexity index is 567. The zero-order valence-electron chi connectivity index (χ0n) is 9.67. The number of nitrogens with zero attached hydrogens (tertiary/aromatic N) is 3. The lowest BCUT2D eigenvalue weighted by molar-refractivity contribution is 0.565. The molecule has 0 bridgehead atoms. The third-order valence-electron chi connectivity index (χ3n) is 3.20. The molecular weight excluding hydrogens is 216 g/mol. The van der Waals surface area contributed by atoms with Gasteiger partial charge in [-0.3, -0.25) is 4.79 Å². The van der Waals surface area contributed by atoms with E-state index in [0.29, 0.717) is 12.1 Å². The van der Waals surface area contributed by atoms with Crippen molar-refractivity contribution in [1.29, 1.82) is 0 Å². The lowest BCUT2D eigenvalue weighted by Crippen LogP contribution is -2.28. The van der Waals surface area contributed by atoms with Gasteiger partial charge in [-0.1, -0.05) is 0 Å². The second-order valence-electron chi connectivity index (χ2n) is 4.61. The summed E-state index contributed by atoms with van der Waals surface area (Å²) in [6, 6.07) is 1.75. The van der Waals surface area contributed by atoms with Gasteiger partial charge in [-0.25, -0.2) is 4.52 Å². The van der Waals surface area contributed by atoms with Crippen LogP contribution in [-0.4, -0.2) is 27.3 Å². The molecule has 0 unspecified atom stereocenters. The van der Waals surface area contributed by atoms with Crippen molar-refractivity contribution < 1.29 is 0 Å². The Hall–Kier alpha value is -1.62. The summed E-state index contributed by atoms with van der Waals surface area (Å²) in [5.41, 5.74) is 0.660. The smallest absolute Gasteiger partial charge is 0.276 e. The molecule has 0 radical (unpaired) electrons. The molecule has 2 aromatic heterocycles. The molecule has 1 aliphatic carbocycles. The molecule has 0 saturated heterocycles. The second-order valence-corrected chi connectivity index (χ2v) is 4.61. The van der Waals surface area contributed by atoms with E-state index in [2.05, 4.69) is 10.4 Å². The second kappa shape index (κ2) is 4.33. The fourth-order valence-corrected chi connectivity index (χ4v) is 1.96. The van der Waals surface area contributed by atoms with Crippen LogP contribution in [-0.2, 0) is 6.54 Å². The molecule has 0 atom stereocenters. The maximum Gasteiger partial charge on any atom is 0.276 e. The van der Waals surface area contributed by atoms with E-state index in [0.717, 1.165) is 19.0 Å². The van der Waals surface area contributed by atoms with Gasteiger partial charge in [0.2, 0.25) is 0 Å². The lowest BCUT2D eigenvalue weighted by atomic mass is 10.4. The van der Waals surface area contributed by atoms with Crippen molar-refractivity contribution in [3.63, 3.8) is 0 Å². The van der Waals surface area contributed by atoms with Crippen molar-refractivity contribution in [3.8, 4) is 0 Å². The normalized spacial score (nSPS) is 15.5. The Morgan fingerprint density at radius 1 is 1.41 bits per heavy atom. The Labute approximate surface area is 99.1 Å². The van der Waals surface area contributed by atoms with Crippen LogP contribution in [0.5, 0.6) is 0 Å². The van der Waals surface area contributed by atoms with Gasteiger partial charge in [0.1, 0.15) is 5.52 Å². The highest BCUT2D eigenvalue weighted by Crippen LogP contribution is 2.27. The molecule has 0 aromatic carbocycles. The van der Waals surface area contributed by atoms with E-state index in [-0.39, 0.29) is 5.56 Å². The molecule has 1 aliphatic rings. The lowest BCUT2D eigenvalue weighted by Gasteiger charge is -2.07. The molecule has 0 spiro atoms. The van der Waals surface area contributed by atoms with Crippen LogP contribution in [0.4, 0.5) is 0 Å². The van der Waals surface area contributed by atoms with Gasteiger partial charge in [0.05, 0.1) is 6.20 Å². The fourth-order valence-electron chi connectivity index (χ4n) is 1.96. The predicted octanol–water partition coefficient (Wildman–Crippen LogP) is 0.496. The van der Waals surface area contributed by atoms with Gasteiger partial charge in [0, 0.05) is 25.5 Å². The molecule has 0 amide bonds. The van der Waals surface area contributed by atoms with E-state index in [9.17, 15) is 4.79 Å². The highest BCUT2D eigenvalue weighted by atomic mass is 16.1. The van der Waals surface area contributed by atoms with Crippen LogP contribution in [0.1, 0.15) is 12.8 Å². The average molecular weight is 232 g/mol. The Morgan fingerprint density at radius 3 is 3.12 bits per heavy atom. The van der Waals surface area contributed by atoms with Crippen molar-refractivity contribution >= 4 is 5.52 Å². The van der Waals surface area contributed by atoms with Crippen molar-refractivity contribution in [2.24, 2.45) is 5.92 Å². The summed E-state index contributed by atoms with van der Waals surface area (Å²) in [5, 5.41) is 7.42. The van der Waals surface area contributed by atoms with Crippen LogP contribution >= 0.6 is 0 Å². The van der Waals surface area contributed by atoms with Crippen LogP contribution in [0.25, 0.3) is 5.52 Å². The van der Waals surface area contributed by atoms with Gasteiger partial charge in [-0.05, 0) is 31.4 Å². The number of fused-ring (bicyclic) bond motifs is 1. The van der Waals surface area contributed by atoms with Crippen molar-refractivity contribution in [2.75, 3.05) is 13.1 Å². The first-order valence-electron chi connectivity index (χ1n) is 6.08. The van der Waals surface area contributed by atoms with E-state index >= 15 is 0 Å². The molecule has 5 nitrogen and oxygen atoms in total. The first kappa shape index (κ1) is 10.5. The van der Waals surface area contributed by atoms with E-state index in [4.69, 9.17) is 0 Å². The molecule has 5 heteroatoms. The van der Waals surface area contributed by atoms with Crippen LogP contribution in [0.2, 0.25) is 0 Å². The monoisotopic (exact) mass is 232 g/mol. The quantitative estimate of drug-likeness (QED) is 0.764. The molecule has 1 saturated carbocycles. The zero-order chi connectivity index (χ0) is 11.7. The third-order valence-corrected chi connectivity index (χ3v) is 3.20. The molecule has 2 aromatic rings. The molecule has 17 heavy (non-hydrogen) atoms. The first-order valence-corrected chi connectivity index (χ1v) is 6.08. The highest BCUT2D eigenvalue weighted by Gasteiger charge is 2.19. The van der Waals surface area contributed by atoms with Gasteiger partial charge in [-0.2, -0.15) is 5.10 Å². The van der Waals surface area contributed by atoms with Gasteiger partial charge in [0.25, 0.3) is 5.56 Å². The molecule has 0 aliphatic heterocycles. The van der Waals surface area contributed by atoms with E-state index in [1.165, 1.54) is 12.8 Å². The third kappa shape index (κ3) is 2.24. The molecule has 3 rings (SSSR count). The van der Waals surface area contributed by atoms with E-state index in [1.807, 2.05) is 6.20 Å². The summed E-state index contributed by atoms with van der Waals surface area (Å²) in [6.07, 6.45) is 7.97. The number of aromatic nitrogens is 3. The summed E-state index contributed by atoms with van der Waals surface area (Å²) < 4.78 is 3.34.